The van der Waals surface area contributed by atoms with Crippen LogP contribution >= 0.6 is 0 Å². The van der Waals surface area contributed by atoms with Crippen molar-refractivity contribution in [3.63, 3.8) is 0 Å². The van der Waals surface area contributed by atoms with Crippen LogP contribution in [-0.2, 0) is 5.41 Å². The maximum atomic E-state index is 9.72. The number of nitriles is 1. The number of fused-ring (bicyclic) bond motifs is 9. The van der Waals surface area contributed by atoms with Gasteiger partial charge in [-0.15, -0.1) is 0 Å². The zero-order valence-corrected chi connectivity index (χ0v) is 31.2. The first-order valence-electron chi connectivity index (χ1n) is 19.4. The zero-order valence-electron chi connectivity index (χ0n) is 31.2. The lowest BCUT2D eigenvalue weighted by molar-refractivity contribution is 0.436. The molecule has 1 aliphatic carbocycles. The van der Waals surface area contributed by atoms with Crippen LogP contribution in [0.15, 0.2) is 204 Å². The fraction of sp³-hybridized carbons (Fsp3) is 0.0377. The number of amidine groups is 2. The van der Waals surface area contributed by atoms with Gasteiger partial charge in [0.2, 0.25) is 0 Å². The maximum Gasteiger partial charge on any atom is 0.132 e. The molecule has 3 aliphatic rings. The fourth-order valence-electron chi connectivity index (χ4n) is 8.95. The minimum atomic E-state index is -0.601. The Morgan fingerprint density at radius 2 is 1.03 bits per heavy atom. The van der Waals surface area contributed by atoms with E-state index < -0.39 is 11.6 Å². The van der Waals surface area contributed by atoms with E-state index in [0.717, 1.165) is 61.6 Å². The molecule has 5 nitrogen and oxygen atoms in total. The highest BCUT2D eigenvalue weighted by Crippen LogP contribution is 2.63. The number of para-hydroxylation sites is 2. The van der Waals surface area contributed by atoms with E-state index in [2.05, 4.69) is 115 Å². The van der Waals surface area contributed by atoms with Gasteiger partial charge >= 0.3 is 0 Å². The molecule has 2 heterocycles. The number of benzene rings is 8. The third kappa shape index (κ3) is 5.23. The summed E-state index contributed by atoms with van der Waals surface area (Å²) in [6.07, 6.45) is -0.463. The number of nitrogens with zero attached hydrogens (tertiary/aromatic N) is 4. The molecule has 8 aromatic rings. The van der Waals surface area contributed by atoms with Crippen LogP contribution in [0.4, 0.5) is 0 Å². The van der Waals surface area contributed by atoms with E-state index in [0.29, 0.717) is 17.2 Å². The number of ether oxygens (including phenoxy) is 1. The van der Waals surface area contributed by atoms with Crippen LogP contribution < -0.4 is 4.74 Å². The minimum Gasteiger partial charge on any atom is -0.457 e. The smallest absolute Gasteiger partial charge is 0.132 e. The highest BCUT2D eigenvalue weighted by atomic mass is 16.5. The molecule has 0 saturated carbocycles. The van der Waals surface area contributed by atoms with E-state index in [-0.39, 0.29) is 0 Å². The first-order chi connectivity index (χ1) is 28.7. The second-order valence-corrected chi connectivity index (χ2v) is 14.8. The molecular weight excluding hydrogens is 709 g/mol. The van der Waals surface area contributed by atoms with Crippen molar-refractivity contribution in [3.05, 3.63) is 244 Å². The average Bonchev–Trinajstić information content (AvgIpc) is 3.58. The van der Waals surface area contributed by atoms with E-state index in [9.17, 15) is 5.26 Å². The lowest BCUT2D eigenvalue weighted by Crippen LogP contribution is -2.32. The topological polar surface area (TPSA) is 71.8 Å². The van der Waals surface area contributed by atoms with E-state index >= 15 is 0 Å². The Bertz CT molecular complexity index is 2950. The van der Waals surface area contributed by atoms with Crippen molar-refractivity contribution in [1.82, 2.24) is 0 Å². The first-order valence-corrected chi connectivity index (χ1v) is 19.4. The summed E-state index contributed by atoms with van der Waals surface area (Å²) in [5, 5.41) is 14.8. The molecule has 5 heteroatoms. The van der Waals surface area contributed by atoms with Crippen LogP contribution in [0.5, 0.6) is 11.5 Å². The normalized spacial score (nSPS) is 15.3. The molecule has 8 aromatic carbocycles. The molecule has 11 rings (SSSR count). The molecular formula is C53H33N4O-. The van der Waals surface area contributed by atoms with Crippen LogP contribution in [0.3, 0.4) is 0 Å². The largest absolute Gasteiger partial charge is 0.457 e. The second kappa shape index (κ2) is 13.4. The summed E-state index contributed by atoms with van der Waals surface area (Å²) in [4.78, 5) is 9.97. The Labute approximate surface area is 336 Å². The summed E-state index contributed by atoms with van der Waals surface area (Å²) < 4.78 is 6.60. The van der Waals surface area contributed by atoms with Crippen molar-refractivity contribution < 1.29 is 4.74 Å². The van der Waals surface area contributed by atoms with E-state index in [1.807, 2.05) is 84.9 Å². The van der Waals surface area contributed by atoms with Gasteiger partial charge in [-0.05, 0) is 97.6 Å². The third-order valence-corrected chi connectivity index (χ3v) is 11.6. The van der Waals surface area contributed by atoms with Gasteiger partial charge in [-0.2, -0.15) is 5.26 Å². The van der Waals surface area contributed by atoms with Crippen LogP contribution in [0.25, 0.3) is 38.7 Å². The van der Waals surface area contributed by atoms with Crippen molar-refractivity contribution in [2.75, 3.05) is 0 Å². The molecule has 0 bridgehead atoms. The lowest BCUT2D eigenvalue weighted by Gasteiger charge is -2.39. The molecule has 1 atom stereocenters. The summed E-state index contributed by atoms with van der Waals surface area (Å²) in [6.45, 7) is 0. The molecule has 0 fully saturated rings. The average molecular weight is 742 g/mol. The Morgan fingerprint density at radius 1 is 0.483 bits per heavy atom. The van der Waals surface area contributed by atoms with Gasteiger partial charge in [0.1, 0.15) is 11.5 Å². The van der Waals surface area contributed by atoms with Gasteiger partial charge in [-0.1, -0.05) is 164 Å². The number of aliphatic imine (C=N–C) groups is 2. The van der Waals surface area contributed by atoms with Crippen LogP contribution in [0.1, 0.15) is 50.7 Å². The van der Waals surface area contributed by atoms with Crippen molar-refractivity contribution in [2.45, 2.75) is 11.6 Å². The van der Waals surface area contributed by atoms with Crippen molar-refractivity contribution >= 4 is 11.7 Å². The Balaban J connectivity index is 1.09. The van der Waals surface area contributed by atoms with Gasteiger partial charge in [0.25, 0.3) is 0 Å². The van der Waals surface area contributed by atoms with Crippen LogP contribution in [0, 0.1) is 11.3 Å². The zero-order chi connectivity index (χ0) is 38.6. The molecule has 0 N–H and O–H groups in total. The van der Waals surface area contributed by atoms with E-state index in [1.165, 1.54) is 22.3 Å². The molecule has 272 valence electrons. The van der Waals surface area contributed by atoms with Gasteiger partial charge in [0.15, 0.2) is 0 Å². The Kier molecular flexibility index (Phi) is 7.77. The van der Waals surface area contributed by atoms with E-state index in [1.54, 1.807) is 0 Å². The van der Waals surface area contributed by atoms with Gasteiger partial charge in [0, 0.05) is 11.1 Å². The number of hydrogen-bond donors (Lipinski definition) is 0. The summed E-state index contributed by atoms with van der Waals surface area (Å²) in [5.74, 6) is 3.04. The number of rotatable bonds is 5. The monoisotopic (exact) mass is 741 g/mol. The highest BCUT2D eigenvalue weighted by molar-refractivity contribution is 6.18. The van der Waals surface area contributed by atoms with Crippen molar-refractivity contribution in [1.29, 1.82) is 5.26 Å². The summed E-state index contributed by atoms with van der Waals surface area (Å²) >= 11 is 0. The second-order valence-electron chi connectivity index (χ2n) is 14.8. The Hall–Kier alpha value is -7.81. The summed E-state index contributed by atoms with van der Waals surface area (Å²) in [5.41, 5.74) is 14.2. The SMILES string of the molecule is N#Cc1ccc(-c2cc3c(cc2-c2ccc(C4N=C(c5ccccc5)N=C(c5ccccc5)[N-]4)cc2)-c2ccccc2C32c3ccccc3Oc3ccccc32)cc1. The first kappa shape index (κ1) is 33.5. The molecule has 0 saturated heterocycles. The number of hydrogen-bond acceptors (Lipinski definition) is 4. The molecule has 1 spiro atoms. The third-order valence-electron chi connectivity index (χ3n) is 11.6. The molecule has 2 aliphatic heterocycles. The minimum absolute atomic E-state index is 0.463. The molecule has 0 radical (unpaired) electrons. The van der Waals surface area contributed by atoms with Crippen molar-refractivity contribution in [3.8, 4) is 50.9 Å². The summed E-state index contributed by atoms with van der Waals surface area (Å²) in [7, 11) is 0. The molecule has 58 heavy (non-hydrogen) atoms. The maximum absolute atomic E-state index is 9.72. The van der Waals surface area contributed by atoms with Crippen LogP contribution in [0.2, 0.25) is 0 Å². The fourth-order valence-corrected chi connectivity index (χ4v) is 8.95. The predicted molar refractivity (Wildman–Crippen MR) is 231 cm³/mol. The quantitative estimate of drug-likeness (QED) is 0.176. The van der Waals surface area contributed by atoms with Gasteiger partial charge in [-0.3, -0.25) is 4.99 Å². The molecule has 1 unspecified atom stereocenters. The summed E-state index contributed by atoms with van der Waals surface area (Å²) in [6, 6.07) is 69.4. The van der Waals surface area contributed by atoms with Crippen molar-refractivity contribution in [2.24, 2.45) is 9.98 Å². The van der Waals surface area contributed by atoms with Gasteiger partial charge in [0.05, 0.1) is 29.0 Å². The van der Waals surface area contributed by atoms with E-state index in [4.69, 9.17) is 20.0 Å². The highest BCUT2D eigenvalue weighted by Gasteiger charge is 2.51. The standard InChI is InChI=1S/C53H33N4O/c54-33-34-23-25-35(26-24-34)42-32-47-43(40-17-7-8-18-44(40)53(47)45-19-9-11-21-48(45)58-49-22-12-10-20-46(49)53)31-41(42)36-27-29-39(30-28-36)52-56-50(37-13-3-1-4-14-37)55-51(57-52)38-15-5-2-6-16-38/h1-32,52H/q-1. The molecule has 0 amide bonds. The Morgan fingerprint density at radius 3 is 1.69 bits per heavy atom. The van der Waals surface area contributed by atoms with Gasteiger partial charge in [-0.25, -0.2) is 0 Å². The predicted octanol–water partition coefficient (Wildman–Crippen LogP) is 12.6. The van der Waals surface area contributed by atoms with Gasteiger partial charge < -0.3 is 15.0 Å². The molecule has 0 aromatic heterocycles. The lowest BCUT2D eigenvalue weighted by atomic mass is 9.65. The van der Waals surface area contributed by atoms with Crippen LogP contribution in [-0.4, -0.2) is 11.7 Å².